The van der Waals surface area contributed by atoms with Gasteiger partial charge in [0.15, 0.2) is 0 Å². The van der Waals surface area contributed by atoms with Gasteiger partial charge in [0.2, 0.25) is 11.8 Å². The lowest BCUT2D eigenvalue weighted by molar-refractivity contribution is -0.132. The summed E-state index contributed by atoms with van der Waals surface area (Å²) in [5.74, 6) is -1.72. The highest BCUT2D eigenvalue weighted by molar-refractivity contribution is 8.00. The lowest BCUT2D eigenvalue weighted by Crippen LogP contribution is -2.23. The minimum atomic E-state index is -1.14. The lowest BCUT2D eigenvalue weighted by Gasteiger charge is -2.16. The summed E-state index contributed by atoms with van der Waals surface area (Å²) < 4.78 is 0. The zero-order chi connectivity index (χ0) is 22.3. The molecule has 0 aliphatic rings. The summed E-state index contributed by atoms with van der Waals surface area (Å²) in [5.41, 5.74) is 3.52. The van der Waals surface area contributed by atoms with Crippen LogP contribution in [0.2, 0.25) is 0 Å². The first-order chi connectivity index (χ1) is 14.2. The first-order valence-corrected chi connectivity index (χ1v) is 10.5. The smallest absolute Gasteiger partial charge is 0.331 e. The van der Waals surface area contributed by atoms with E-state index in [1.807, 2.05) is 44.2 Å². The molecule has 158 valence electrons. The third kappa shape index (κ3) is 6.49. The summed E-state index contributed by atoms with van der Waals surface area (Å²) in [6.45, 7) is 7.24. The molecule has 3 N–H and O–H groups in total. The van der Waals surface area contributed by atoms with Crippen LogP contribution in [0.15, 0.2) is 59.0 Å². The Bertz CT molecular complexity index is 968. The third-order valence-corrected chi connectivity index (χ3v) is 5.59. The average Bonchev–Trinajstić information content (AvgIpc) is 2.70. The molecule has 0 unspecified atom stereocenters. The van der Waals surface area contributed by atoms with Crippen LogP contribution in [0.25, 0.3) is 0 Å². The first-order valence-electron chi connectivity index (χ1n) is 9.60. The van der Waals surface area contributed by atoms with Crippen LogP contribution < -0.4 is 10.6 Å². The Morgan fingerprint density at radius 2 is 1.77 bits per heavy atom. The van der Waals surface area contributed by atoms with Gasteiger partial charge < -0.3 is 15.7 Å². The molecule has 0 radical (unpaired) electrons. The van der Waals surface area contributed by atoms with Gasteiger partial charge in [0, 0.05) is 27.9 Å². The molecule has 2 rings (SSSR count). The molecule has 0 spiro atoms. The van der Waals surface area contributed by atoms with Crippen LogP contribution in [-0.4, -0.2) is 28.1 Å². The number of carboxylic acids is 1. The van der Waals surface area contributed by atoms with E-state index in [1.165, 1.54) is 18.7 Å². The molecule has 0 bridgehead atoms. The number of aryl methyl sites for hydroxylation is 2. The van der Waals surface area contributed by atoms with E-state index in [0.717, 1.165) is 34.2 Å². The van der Waals surface area contributed by atoms with Crippen molar-refractivity contribution in [2.24, 2.45) is 0 Å². The van der Waals surface area contributed by atoms with E-state index in [0.29, 0.717) is 5.69 Å². The quantitative estimate of drug-likeness (QED) is 0.422. The Labute approximate surface area is 180 Å². The van der Waals surface area contributed by atoms with Crippen LogP contribution in [0.4, 0.5) is 11.4 Å². The van der Waals surface area contributed by atoms with E-state index < -0.39 is 11.9 Å². The standard InChI is InChI=1S/C23H26N2O4S/c1-5-17-8-6-7-14(2)21(17)25-22(27)16(4)30-19-11-9-18(10-12-19)24-20(26)13-15(3)23(28)29/h6-13,16H,5H2,1-4H3,(H,24,26)(H,25,27)(H,28,29)/b15-13+/t16-/m1/s1. The van der Waals surface area contributed by atoms with Gasteiger partial charge in [0.1, 0.15) is 0 Å². The highest BCUT2D eigenvalue weighted by atomic mass is 32.2. The summed E-state index contributed by atoms with van der Waals surface area (Å²) >= 11 is 1.42. The van der Waals surface area contributed by atoms with E-state index >= 15 is 0 Å². The Morgan fingerprint density at radius 1 is 1.10 bits per heavy atom. The van der Waals surface area contributed by atoms with Crippen molar-refractivity contribution in [2.45, 2.75) is 44.3 Å². The van der Waals surface area contributed by atoms with Gasteiger partial charge in [0.05, 0.1) is 5.25 Å². The zero-order valence-electron chi connectivity index (χ0n) is 17.5. The van der Waals surface area contributed by atoms with Gasteiger partial charge in [-0.15, -0.1) is 11.8 Å². The van der Waals surface area contributed by atoms with Gasteiger partial charge in [-0.25, -0.2) is 4.79 Å². The molecule has 0 saturated heterocycles. The van der Waals surface area contributed by atoms with Crippen molar-refractivity contribution in [1.29, 1.82) is 0 Å². The van der Waals surface area contributed by atoms with Crippen LogP contribution in [0.1, 0.15) is 31.9 Å². The van der Waals surface area contributed by atoms with Crippen LogP contribution >= 0.6 is 11.8 Å². The number of aliphatic carboxylic acids is 1. The molecule has 0 aliphatic heterocycles. The van der Waals surface area contributed by atoms with Crippen molar-refractivity contribution in [1.82, 2.24) is 0 Å². The largest absolute Gasteiger partial charge is 0.478 e. The van der Waals surface area contributed by atoms with Gasteiger partial charge in [-0.1, -0.05) is 25.1 Å². The van der Waals surface area contributed by atoms with E-state index in [9.17, 15) is 14.4 Å². The van der Waals surface area contributed by atoms with Crippen molar-refractivity contribution in [3.8, 4) is 0 Å². The number of anilines is 2. The van der Waals surface area contributed by atoms with Crippen molar-refractivity contribution < 1.29 is 19.5 Å². The second-order valence-electron chi connectivity index (χ2n) is 6.86. The molecule has 30 heavy (non-hydrogen) atoms. The Hall–Kier alpha value is -3.06. The molecule has 2 aromatic carbocycles. The minimum Gasteiger partial charge on any atom is -0.478 e. The summed E-state index contributed by atoms with van der Waals surface area (Å²) in [6, 6.07) is 13.0. The second kappa shape index (κ2) is 10.6. The number of carbonyl (C=O) groups excluding carboxylic acids is 2. The molecular weight excluding hydrogens is 400 g/mol. The van der Waals surface area contributed by atoms with E-state index in [-0.39, 0.29) is 16.7 Å². The van der Waals surface area contributed by atoms with Crippen molar-refractivity contribution in [3.05, 3.63) is 65.2 Å². The number of hydrogen-bond donors (Lipinski definition) is 3. The summed E-state index contributed by atoms with van der Waals surface area (Å²) in [4.78, 5) is 36.1. The minimum absolute atomic E-state index is 0.0422. The SMILES string of the molecule is CCc1cccc(C)c1NC(=O)[C@@H](C)Sc1ccc(NC(=O)/C=C(\C)C(=O)O)cc1. The molecule has 0 saturated carbocycles. The fourth-order valence-corrected chi connectivity index (χ4v) is 3.61. The van der Waals surface area contributed by atoms with Crippen molar-refractivity contribution in [2.75, 3.05) is 10.6 Å². The molecule has 6 nitrogen and oxygen atoms in total. The van der Waals surface area contributed by atoms with Crippen LogP contribution in [0, 0.1) is 6.92 Å². The van der Waals surface area contributed by atoms with Gasteiger partial charge in [0.25, 0.3) is 0 Å². The Balaban J connectivity index is 1.98. The average molecular weight is 427 g/mol. The van der Waals surface area contributed by atoms with Crippen molar-refractivity contribution >= 4 is 40.9 Å². The fourth-order valence-electron chi connectivity index (χ4n) is 2.74. The van der Waals surface area contributed by atoms with E-state index in [4.69, 9.17) is 5.11 Å². The fraction of sp³-hybridized carbons (Fsp3) is 0.261. The van der Waals surface area contributed by atoms with Crippen LogP contribution in [0.3, 0.4) is 0 Å². The topological polar surface area (TPSA) is 95.5 Å². The number of benzene rings is 2. The molecule has 0 fully saturated rings. The number of carbonyl (C=O) groups is 3. The molecule has 2 aromatic rings. The summed E-state index contributed by atoms with van der Waals surface area (Å²) in [6.07, 6.45) is 1.88. The molecule has 2 amide bonds. The molecular formula is C23H26N2O4S. The van der Waals surface area contributed by atoms with Gasteiger partial charge in [-0.05, 0) is 62.6 Å². The summed E-state index contributed by atoms with van der Waals surface area (Å²) in [5, 5.41) is 14.2. The maximum absolute atomic E-state index is 12.7. The molecule has 0 heterocycles. The number of nitrogens with one attached hydrogen (secondary N) is 2. The van der Waals surface area contributed by atoms with Crippen molar-refractivity contribution in [3.63, 3.8) is 0 Å². The molecule has 0 aliphatic carbocycles. The monoisotopic (exact) mass is 426 g/mol. The van der Waals surface area contributed by atoms with Gasteiger partial charge in [-0.2, -0.15) is 0 Å². The predicted molar refractivity (Wildman–Crippen MR) is 121 cm³/mol. The number of para-hydroxylation sites is 1. The maximum atomic E-state index is 12.7. The maximum Gasteiger partial charge on any atom is 0.331 e. The normalized spacial score (nSPS) is 12.2. The Kier molecular flexibility index (Phi) is 8.24. The van der Waals surface area contributed by atoms with Gasteiger partial charge >= 0.3 is 5.97 Å². The second-order valence-corrected chi connectivity index (χ2v) is 8.27. The summed E-state index contributed by atoms with van der Waals surface area (Å²) in [7, 11) is 0. The lowest BCUT2D eigenvalue weighted by atomic mass is 10.1. The van der Waals surface area contributed by atoms with Crippen LogP contribution in [0.5, 0.6) is 0 Å². The van der Waals surface area contributed by atoms with Gasteiger partial charge in [-0.3, -0.25) is 9.59 Å². The molecule has 1 atom stereocenters. The third-order valence-electron chi connectivity index (χ3n) is 4.48. The zero-order valence-corrected chi connectivity index (χ0v) is 18.3. The number of hydrogen-bond acceptors (Lipinski definition) is 4. The Morgan fingerprint density at radius 3 is 2.37 bits per heavy atom. The number of carboxylic acid groups (broad SMARTS) is 1. The number of amides is 2. The first kappa shape index (κ1) is 23.2. The predicted octanol–water partition coefficient (Wildman–Crippen LogP) is 4.65. The molecule has 7 heteroatoms. The number of thioether (sulfide) groups is 1. The van der Waals surface area contributed by atoms with Crippen LogP contribution in [-0.2, 0) is 20.8 Å². The van der Waals surface area contributed by atoms with E-state index in [2.05, 4.69) is 17.6 Å². The van der Waals surface area contributed by atoms with E-state index in [1.54, 1.807) is 12.1 Å². The highest BCUT2D eigenvalue weighted by Crippen LogP contribution is 2.27. The number of rotatable bonds is 8. The molecule has 0 aromatic heterocycles. The highest BCUT2D eigenvalue weighted by Gasteiger charge is 2.17.